The van der Waals surface area contributed by atoms with Gasteiger partial charge in [0.25, 0.3) is 0 Å². The van der Waals surface area contributed by atoms with Gasteiger partial charge in [0.1, 0.15) is 0 Å². The van der Waals surface area contributed by atoms with Crippen LogP contribution in [0, 0.1) is 6.92 Å². The number of aryl methyl sites for hydroxylation is 1. The summed E-state index contributed by atoms with van der Waals surface area (Å²) in [6.45, 7) is 8.60. The first-order chi connectivity index (χ1) is 14.4. The molecule has 0 N–H and O–H groups in total. The van der Waals surface area contributed by atoms with Crippen molar-refractivity contribution in [3.8, 4) is 11.5 Å². The Morgan fingerprint density at radius 1 is 1.03 bits per heavy atom. The molecule has 2 aromatic carbocycles. The molecule has 0 saturated carbocycles. The van der Waals surface area contributed by atoms with E-state index >= 15 is 0 Å². The molecule has 6 nitrogen and oxygen atoms in total. The van der Waals surface area contributed by atoms with E-state index in [0.29, 0.717) is 0 Å². The average Bonchev–Trinajstić information content (AvgIpc) is 2.79. The number of hydrogen-bond donors (Lipinski definition) is 0. The third-order valence-corrected chi connectivity index (χ3v) is 6.02. The molecule has 1 saturated heterocycles. The van der Waals surface area contributed by atoms with Crippen LogP contribution in [0.1, 0.15) is 18.1 Å². The van der Waals surface area contributed by atoms with Gasteiger partial charge in [-0.15, -0.1) is 0 Å². The smallest absolute Gasteiger partial charge is 0.243 e. The predicted octanol–water partition coefficient (Wildman–Crippen LogP) is 3.18. The number of carbonyl (C=O) groups is 1. The van der Waals surface area contributed by atoms with Gasteiger partial charge in [0.05, 0.1) is 20.3 Å². The van der Waals surface area contributed by atoms with Crippen molar-refractivity contribution in [3.05, 3.63) is 53.6 Å². The molecular formula is C24H33N3O3. The summed E-state index contributed by atoms with van der Waals surface area (Å²) in [6, 6.07) is 13.8. The Labute approximate surface area is 180 Å². The Morgan fingerprint density at radius 3 is 2.23 bits per heavy atom. The van der Waals surface area contributed by atoms with Gasteiger partial charge >= 0.3 is 0 Å². The summed E-state index contributed by atoms with van der Waals surface area (Å²) in [5.41, 5.74) is 3.37. The lowest BCUT2D eigenvalue weighted by atomic mass is 10.1. The lowest BCUT2D eigenvalue weighted by molar-refractivity contribution is -0.123. The van der Waals surface area contributed by atoms with Crippen LogP contribution in [0.15, 0.2) is 42.5 Å². The fourth-order valence-corrected chi connectivity index (χ4v) is 3.96. The van der Waals surface area contributed by atoms with E-state index in [1.165, 1.54) is 11.1 Å². The van der Waals surface area contributed by atoms with Crippen molar-refractivity contribution in [2.75, 3.05) is 52.3 Å². The summed E-state index contributed by atoms with van der Waals surface area (Å²) in [5.74, 6) is 1.66. The average molecular weight is 412 g/mol. The number of para-hydroxylation sites is 1. The molecular weight excluding hydrogens is 378 g/mol. The summed E-state index contributed by atoms with van der Waals surface area (Å²) in [4.78, 5) is 19.4. The molecule has 0 aromatic heterocycles. The van der Waals surface area contributed by atoms with E-state index in [4.69, 9.17) is 9.47 Å². The molecule has 0 radical (unpaired) electrons. The fourth-order valence-electron chi connectivity index (χ4n) is 3.96. The normalized spacial score (nSPS) is 16.2. The van der Waals surface area contributed by atoms with E-state index in [0.717, 1.165) is 49.9 Å². The Kier molecular flexibility index (Phi) is 7.34. The number of carbonyl (C=O) groups excluding carboxylic acids is 1. The number of rotatable bonds is 7. The van der Waals surface area contributed by atoms with Crippen LogP contribution in [0.5, 0.6) is 11.5 Å². The van der Waals surface area contributed by atoms with Gasteiger partial charge in [0.15, 0.2) is 11.5 Å². The number of anilines is 1. The number of likely N-dealkylation sites (N-methyl/N-ethyl adjacent to an activating group) is 1. The van der Waals surface area contributed by atoms with Crippen LogP contribution in [0.4, 0.5) is 5.69 Å². The molecule has 1 aliphatic heterocycles. The number of amides is 1. The van der Waals surface area contributed by atoms with Gasteiger partial charge in [-0.05, 0) is 49.2 Å². The molecule has 30 heavy (non-hydrogen) atoms. The van der Waals surface area contributed by atoms with Crippen molar-refractivity contribution < 1.29 is 14.3 Å². The van der Waals surface area contributed by atoms with E-state index < -0.39 is 0 Å². The molecule has 2 aromatic rings. The van der Waals surface area contributed by atoms with Crippen LogP contribution >= 0.6 is 0 Å². The maximum absolute atomic E-state index is 12.9. The zero-order valence-electron chi connectivity index (χ0n) is 18.7. The minimum Gasteiger partial charge on any atom is -0.493 e. The standard InChI is InChI=1S/C24H33N3O3/c1-18-15-22(29-4)23(30-5)16-20(18)17-26-11-13-27(14-12-26)19(2)24(28)25(3)21-9-7-6-8-10-21/h6-10,15-16,19H,11-14,17H2,1-5H3/t19-/m0/s1. The Bertz CT molecular complexity index is 848. The van der Waals surface area contributed by atoms with Crippen LogP contribution in [0.25, 0.3) is 0 Å². The summed E-state index contributed by atoms with van der Waals surface area (Å²) >= 11 is 0. The van der Waals surface area contributed by atoms with E-state index in [1.54, 1.807) is 19.1 Å². The fraction of sp³-hybridized carbons (Fsp3) is 0.458. The second-order valence-corrected chi connectivity index (χ2v) is 7.85. The highest BCUT2D eigenvalue weighted by Crippen LogP contribution is 2.31. The molecule has 0 bridgehead atoms. The highest BCUT2D eigenvalue weighted by molar-refractivity contribution is 5.96. The van der Waals surface area contributed by atoms with E-state index in [2.05, 4.69) is 22.8 Å². The third kappa shape index (κ3) is 4.94. The minimum atomic E-state index is -0.139. The second-order valence-electron chi connectivity index (χ2n) is 7.85. The van der Waals surface area contributed by atoms with Crippen molar-refractivity contribution >= 4 is 11.6 Å². The lowest BCUT2D eigenvalue weighted by Crippen LogP contribution is -2.54. The molecule has 1 aliphatic rings. The molecule has 3 rings (SSSR count). The first-order valence-electron chi connectivity index (χ1n) is 10.4. The van der Waals surface area contributed by atoms with E-state index in [-0.39, 0.29) is 11.9 Å². The quantitative estimate of drug-likeness (QED) is 0.700. The van der Waals surface area contributed by atoms with Crippen molar-refractivity contribution in [2.45, 2.75) is 26.4 Å². The zero-order valence-corrected chi connectivity index (χ0v) is 18.7. The molecule has 0 spiro atoms. The Balaban J connectivity index is 1.58. The maximum Gasteiger partial charge on any atom is 0.243 e. The molecule has 162 valence electrons. The van der Waals surface area contributed by atoms with Gasteiger partial charge < -0.3 is 14.4 Å². The zero-order chi connectivity index (χ0) is 21.7. The van der Waals surface area contributed by atoms with Gasteiger partial charge in [0, 0.05) is 45.5 Å². The number of benzene rings is 2. The molecule has 0 aliphatic carbocycles. The van der Waals surface area contributed by atoms with E-state index in [9.17, 15) is 4.79 Å². The molecule has 1 atom stereocenters. The Morgan fingerprint density at radius 2 is 1.63 bits per heavy atom. The number of ether oxygens (including phenoxy) is 2. The number of methoxy groups -OCH3 is 2. The van der Waals surface area contributed by atoms with Crippen LogP contribution in [0.3, 0.4) is 0 Å². The summed E-state index contributed by atoms with van der Waals surface area (Å²) in [6.07, 6.45) is 0. The van der Waals surface area contributed by atoms with Crippen LogP contribution < -0.4 is 14.4 Å². The first-order valence-corrected chi connectivity index (χ1v) is 10.4. The summed E-state index contributed by atoms with van der Waals surface area (Å²) in [7, 11) is 5.18. The second kappa shape index (κ2) is 9.96. The summed E-state index contributed by atoms with van der Waals surface area (Å²) < 4.78 is 10.9. The molecule has 1 heterocycles. The van der Waals surface area contributed by atoms with Gasteiger partial charge in [0.2, 0.25) is 5.91 Å². The van der Waals surface area contributed by atoms with Gasteiger partial charge in [-0.25, -0.2) is 0 Å². The molecule has 6 heteroatoms. The van der Waals surface area contributed by atoms with Crippen LogP contribution in [-0.2, 0) is 11.3 Å². The molecule has 1 amide bonds. The highest BCUT2D eigenvalue weighted by Gasteiger charge is 2.28. The molecule has 1 fully saturated rings. The number of piperazine rings is 1. The monoisotopic (exact) mass is 411 g/mol. The van der Waals surface area contributed by atoms with Crippen LogP contribution in [0.2, 0.25) is 0 Å². The topological polar surface area (TPSA) is 45.2 Å². The van der Waals surface area contributed by atoms with Gasteiger partial charge in [-0.2, -0.15) is 0 Å². The first kappa shape index (κ1) is 22.1. The minimum absolute atomic E-state index is 0.130. The van der Waals surface area contributed by atoms with Crippen molar-refractivity contribution in [1.29, 1.82) is 0 Å². The lowest BCUT2D eigenvalue weighted by Gasteiger charge is -2.38. The van der Waals surface area contributed by atoms with Gasteiger partial charge in [-0.3, -0.25) is 14.6 Å². The number of nitrogens with zero attached hydrogens (tertiary/aromatic N) is 3. The van der Waals surface area contributed by atoms with Crippen LogP contribution in [-0.4, -0.2) is 69.2 Å². The van der Waals surface area contributed by atoms with Gasteiger partial charge in [-0.1, -0.05) is 18.2 Å². The van der Waals surface area contributed by atoms with E-state index in [1.807, 2.05) is 50.4 Å². The summed E-state index contributed by atoms with van der Waals surface area (Å²) in [5, 5.41) is 0. The SMILES string of the molecule is COc1cc(C)c(CN2CCN([C@@H](C)C(=O)N(C)c3ccccc3)CC2)cc1OC. The predicted molar refractivity (Wildman–Crippen MR) is 120 cm³/mol. The number of hydrogen-bond acceptors (Lipinski definition) is 5. The third-order valence-electron chi connectivity index (χ3n) is 6.02. The van der Waals surface area contributed by atoms with Crippen molar-refractivity contribution in [1.82, 2.24) is 9.80 Å². The Hall–Kier alpha value is -2.57. The maximum atomic E-state index is 12.9. The largest absolute Gasteiger partial charge is 0.493 e. The van der Waals surface area contributed by atoms with Crippen molar-refractivity contribution in [3.63, 3.8) is 0 Å². The van der Waals surface area contributed by atoms with Crippen molar-refractivity contribution in [2.24, 2.45) is 0 Å². The highest BCUT2D eigenvalue weighted by atomic mass is 16.5. The molecule has 0 unspecified atom stereocenters.